The Kier molecular flexibility index (Phi) is 2.83. The van der Waals surface area contributed by atoms with Crippen molar-refractivity contribution < 1.29 is 9.90 Å². The highest BCUT2D eigenvalue weighted by molar-refractivity contribution is 7.99. The van der Waals surface area contributed by atoms with Crippen LogP contribution in [0.2, 0.25) is 0 Å². The summed E-state index contributed by atoms with van der Waals surface area (Å²) in [5.74, 6) is 1.08. The van der Waals surface area contributed by atoms with Gasteiger partial charge in [-0.15, -0.1) is 11.8 Å². The summed E-state index contributed by atoms with van der Waals surface area (Å²) < 4.78 is 2.02. The number of nitrogens with zero attached hydrogens (tertiary/aromatic N) is 2. The maximum absolute atomic E-state index is 10.7. The number of aryl methyl sites for hydroxylation is 1. The summed E-state index contributed by atoms with van der Waals surface area (Å²) in [4.78, 5) is 16.4. The average molecular weight is 260 g/mol. The standard InChI is InChI=1S/C13H12N2O2S/c16-13(17)7-9-8-15-10-3-1-2-4-11(10)18-6-5-12(15)14-9/h1-4,8H,5-7H2,(H,16,17). The number of thioether (sulfide) groups is 1. The number of carbonyl (C=O) groups is 1. The van der Waals surface area contributed by atoms with Gasteiger partial charge in [0, 0.05) is 23.3 Å². The number of aromatic nitrogens is 2. The number of fused-ring (bicyclic) bond motifs is 3. The first-order chi connectivity index (χ1) is 8.74. The van der Waals surface area contributed by atoms with E-state index < -0.39 is 5.97 Å². The summed E-state index contributed by atoms with van der Waals surface area (Å²) in [5, 5.41) is 8.83. The lowest BCUT2D eigenvalue weighted by Crippen LogP contribution is -2.00. The van der Waals surface area contributed by atoms with Gasteiger partial charge in [0.2, 0.25) is 0 Å². The molecule has 0 saturated carbocycles. The minimum Gasteiger partial charge on any atom is -0.481 e. The van der Waals surface area contributed by atoms with Crippen LogP contribution in [0, 0.1) is 0 Å². The molecule has 0 spiro atoms. The van der Waals surface area contributed by atoms with Gasteiger partial charge in [-0.3, -0.25) is 4.79 Å². The smallest absolute Gasteiger partial charge is 0.309 e. The van der Waals surface area contributed by atoms with Crippen LogP contribution >= 0.6 is 11.8 Å². The van der Waals surface area contributed by atoms with E-state index in [4.69, 9.17) is 5.11 Å². The fourth-order valence-corrected chi connectivity index (χ4v) is 3.12. The normalized spacial score (nSPS) is 13.6. The van der Waals surface area contributed by atoms with Crippen LogP contribution in [-0.2, 0) is 17.6 Å². The number of hydrogen-bond acceptors (Lipinski definition) is 3. The van der Waals surface area contributed by atoms with Crippen molar-refractivity contribution in [3.05, 3.63) is 42.0 Å². The van der Waals surface area contributed by atoms with Gasteiger partial charge in [-0.1, -0.05) is 12.1 Å². The van der Waals surface area contributed by atoms with E-state index >= 15 is 0 Å². The molecule has 0 bridgehead atoms. The first kappa shape index (κ1) is 11.3. The van der Waals surface area contributed by atoms with Gasteiger partial charge in [0.25, 0.3) is 0 Å². The first-order valence-corrected chi connectivity index (χ1v) is 6.74. The van der Waals surface area contributed by atoms with E-state index in [2.05, 4.69) is 11.1 Å². The van der Waals surface area contributed by atoms with Gasteiger partial charge >= 0.3 is 5.97 Å². The summed E-state index contributed by atoms with van der Waals surface area (Å²) in [5.41, 5.74) is 1.72. The lowest BCUT2D eigenvalue weighted by Gasteiger charge is -2.06. The number of rotatable bonds is 2. The minimum atomic E-state index is -0.842. The predicted octanol–water partition coefficient (Wildman–Crippen LogP) is 2.15. The van der Waals surface area contributed by atoms with Crippen molar-refractivity contribution >= 4 is 17.7 Å². The molecule has 18 heavy (non-hydrogen) atoms. The van der Waals surface area contributed by atoms with Crippen molar-refractivity contribution in [2.75, 3.05) is 5.75 Å². The Bertz CT molecular complexity index is 607. The van der Waals surface area contributed by atoms with E-state index in [1.165, 1.54) is 4.90 Å². The molecule has 2 aromatic rings. The van der Waals surface area contributed by atoms with Crippen molar-refractivity contribution in [2.24, 2.45) is 0 Å². The fraction of sp³-hybridized carbons (Fsp3) is 0.231. The van der Waals surface area contributed by atoms with Gasteiger partial charge in [-0.25, -0.2) is 4.98 Å². The van der Waals surface area contributed by atoms with Gasteiger partial charge < -0.3 is 9.67 Å². The number of imidazole rings is 1. The van der Waals surface area contributed by atoms with Gasteiger partial charge in [0.1, 0.15) is 5.82 Å². The molecule has 0 unspecified atom stereocenters. The third-order valence-corrected chi connectivity index (χ3v) is 3.93. The number of carboxylic acid groups (broad SMARTS) is 1. The lowest BCUT2D eigenvalue weighted by molar-refractivity contribution is -0.136. The second-order valence-corrected chi connectivity index (χ2v) is 5.29. The van der Waals surface area contributed by atoms with E-state index in [9.17, 15) is 4.79 Å². The van der Waals surface area contributed by atoms with Crippen molar-refractivity contribution in [3.8, 4) is 5.69 Å². The van der Waals surface area contributed by atoms with Crippen LogP contribution in [0.25, 0.3) is 5.69 Å². The van der Waals surface area contributed by atoms with E-state index in [-0.39, 0.29) is 6.42 Å². The van der Waals surface area contributed by atoms with E-state index in [0.29, 0.717) is 5.69 Å². The van der Waals surface area contributed by atoms with Crippen LogP contribution in [0.1, 0.15) is 11.5 Å². The topological polar surface area (TPSA) is 55.1 Å². The second-order valence-electron chi connectivity index (χ2n) is 4.16. The highest BCUT2D eigenvalue weighted by Crippen LogP contribution is 2.30. The summed E-state index contributed by atoms with van der Waals surface area (Å²) in [6.45, 7) is 0. The Labute approximate surface area is 109 Å². The van der Waals surface area contributed by atoms with Crippen LogP contribution in [-0.4, -0.2) is 26.4 Å². The number of para-hydroxylation sites is 1. The van der Waals surface area contributed by atoms with Gasteiger partial charge in [0.15, 0.2) is 0 Å². The molecule has 1 aromatic heterocycles. The predicted molar refractivity (Wildman–Crippen MR) is 69.3 cm³/mol. The van der Waals surface area contributed by atoms with E-state index in [1.54, 1.807) is 0 Å². The molecule has 1 aliphatic heterocycles. The lowest BCUT2D eigenvalue weighted by atomic mass is 10.3. The Balaban J connectivity index is 2.09. The molecule has 0 fully saturated rings. The highest BCUT2D eigenvalue weighted by Gasteiger charge is 2.17. The molecular formula is C13H12N2O2S. The first-order valence-electron chi connectivity index (χ1n) is 5.75. The Morgan fingerprint density at radius 3 is 3.11 bits per heavy atom. The van der Waals surface area contributed by atoms with Crippen LogP contribution < -0.4 is 0 Å². The number of aliphatic carboxylic acids is 1. The molecule has 1 aromatic carbocycles. The van der Waals surface area contributed by atoms with Gasteiger partial charge in [-0.2, -0.15) is 0 Å². The molecule has 5 heteroatoms. The summed E-state index contributed by atoms with van der Waals surface area (Å²) in [6.07, 6.45) is 2.68. The molecule has 0 saturated heterocycles. The molecule has 1 aliphatic rings. The Hall–Kier alpha value is -1.75. The second kappa shape index (κ2) is 4.49. The zero-order chi connectivity index (χ0) is 12.5. The summed E-state index contributed by atoms with van der Waals surface area (Å²) >= 11 is 1.81. The molecule has 1 N–H and O–H groups in total. The number of hydrogen-bond donors (Lipinski definition) is 1. The third-order valence-electron chi connectivity index (χ3n) is 2.87. The maximum atomic E-state index is 10.7. The summed E-state index contributed by atoms with van der Waals surface area (Å²) in [7, 11) is 0. The average Bonchev–Trinajstić information content (AvgIpc) is 2.64. The van der Waals surface area contributed by atoms with E-state index in [1.807, 2.05) is 40.7 Å². The van der Waals surface area contributed by atoms with Crippen molar-refractivity contribution in [1.82, 2.24) is 9.55 Å². The van der Waals surface area contributed by atoms with Crippen LogP contribution in [0.5, 0.6) is 0 Å². The molecule has 0 atom stereocenters. The van der Waals surface area contributed by atoms with Crippen molar-refractivity contribution in [3.63, 3.8) is 0 Å². The molecule has 0 amide bonds. The number of carboxylic acids is 1. The minimum absolute atomic E-state index is 0.0185. The van der Waals surface area contributed by atoms with Crippen LogP contribution in [0.15, 0.2) is 35.4 Å². The van der Waals surface area contributed by atoms with Crippen LogP contribution in [0.3, 0.4) is 0 Å². The summed E-state index contributed by atoms with van der Waals surface area (Å²) in [6, 6.07) is 8.15. The Morgan fingerprint density at radius 1 is 1.44 bits per heavy atom. The number of benzene rings is 1. The molecule has 92 valence electrons. The SMILES string of the molecule is O=C(O)Cc1cn2c(n1)CCSc1ccccc1-2. The highest BCUT2D eigenvalue weighted by atomic mass is 32.2. The zero-order valence-electron chi connectivity index (χ0n) is 9.67. The molecular weight excluding hydrogens is 248 g/mol. The van der Waals surface area contributed by atoms with Crippen molar-refractivity contribution in [1.29, 1.82) is 0 Å². The monoisotopic (exact) mass is 260 g/mol. The molecule has 0 aliphatic carbocycles. The Morgan fingerprint density at radius 2 is 2.28 bits per heavy atom. The fourth-order valence-electron chi connectivity index (χ4n) is 2.13. The van der Waals surface area contributed by atoms with Crippen molar-refractivity contribution in [2.45, 2.75) is 17.7 Å². The molecule has 4 nitrogen and oxygen atoms in total. The van der Waals surface area contributed by atoms with Crippen LogP contribution in [0.4, 0.5) is 0 Å². The largest absolute Gasteiger partial charge is 0.481 e. The maximum Gasteiger partial charge on any atom is 0.309 e. The van der Waals surface area contributed by atoms with Gasteiger partial charge in [-0.05, 0) is 12.1 Å². The molecule has 2 heterocycles. The van der Waals surface area contributed by atoms with Gasteiger partial charge in [0.05, 0.1) is 17.8 Å². The third kappa shape index (κ3) is 2.01. The molecule has 0 radical (unpaired) electrons. The molecule has 3 rings (SSSR count). The zero-order valence-corrected chi connectivity index (χ0v) is 10.5. The van der Waals surface area contributed by atoms with E-state index in [0.717, 1.165) is 23.7 Å². The quantitative estimate of drug-likeness (QED) is 0.899.